The molecule has 0 unspecified atom stereocenters. The number of hydrogen-bond acceptors (Lipinski definition) is 3. The molecule has 100 valence electrons. The van der Waals surface area contributed by atoms with Crippen LogP contribution < -0.4 is 10.6 Å². The van der Waals surface area contributed by atoms with Gasteiger partial charge in [-0.15, -0.1) is 0 Å². The molecule has 0 aliphatic carbocycles. The fourth-order valence-corrected chi connectivity index (χ4v) is 2.61. The molecule has 0 atom stereocenters. The van der Waals surface area contributed by atoms with Crippen LogP contribution in [0, 0.1) is 0 Å². The maximum absolute atomic E-state index is 6.15. The lowest BCUT2D eigenvalue weighted by Gasteiger charge is -2.20. The van der Waals surface area contributed by atoms with Gasteiger partial charge in [-0.3, -0.25) is 0 Å². The molecule has 0 bridgehead atoms. The quantitative estimate of drug-likeness (QED) is 0.883. The number of nitrogen functional groups attached to an aromatic ring is 1. The summed E-state index contributed by atoms with van der Waals surface area (Å²) < 4.78 is 1.04. The molecule has 0 radical (unpaired) electrons. The molecule has 0 saturated carbocycles. The predicted octanol–water partition coefficient (Wildman–Crippen LogP) is 4.37. The van der Waals surface area contributed by atoms with Crippen LogP contribution in [0.2, 0.25) is 10.0 Å². The summed E-state index contributed by atoms with van der Waals surface area (Å²) >= 11 is 15.5. The summed E-state index contributed by atoms with van der Waals surface area (Å²) in [6.07, 6.45) is 0. The molecule has 3 nitrogen and oxygen atoms in total. The summed E-state index contributed by atoms with van der Waals surface area (Å²) in [6, 6.07) is 9.60. The van der Waals surface area contributed by atoms with Gasteiger partial charge in [0.15, 0.2) is 0 Å². The number of aromatic nitrogens is 1. The first-order valence-electron chi connectivity index (χ1n) is 5.55. The molecule has 0 aliphatic heterocycles. The van der Waals surface area contributed by atoms with E-state index in [1.807, 2.05) is 36.2 Å². The van der Waals surface area contributed by atoms with Gasteiger partial charge in [0.05, 0.1) is 10.0 Å². The van der Waals surface area contributed by atoms with Crippen molar-refractivity contribution >= 4 is 50.8 Å². The number of nitrogens with zero attached hydrogens (tertiary/aromatic N) is 2. The van der Waals surface area contributed by atoms with Gasteiger partial charge >= 0.3 is 0 Å². The van der Waals surface area contributed by atoms with Crippen LogP contribution in [0.5, 0.6) is 0 Å². The monoisotopic (exact) mass is 359 g/mol. The Kier molecular flexibility index (Phi) is 4.55. The highest BCUT2D eigenvalue weighted by Crippen LogP contribution is 2.30. The fraction of sp³-hybridized carbons (Fsp3) is 0.154. The van der Waals surface area contributed by atoms with Crippen molar-refractivity contribution in [3.8, 4) is 0 Å². The van der Waals surface area contributed by atoms with Gasteiger partial charge in [0, 0.05) is 18.1 Å². The Morgan fingerprint density at radius 3 is 2.63 bits per heavy atom. The third-order valence-corrected chi connectivity index (χ3v) is 4.02. The van der Waals surface area contributed by atoms with Gasteiger partial charge in [-0.2, -0.15) is 0 Å². The topological polar surface area (TPSA) is 42.2 Å². The van der Waals surface area contributed by atoms with Gasteiger partial charge in [-0.05, 0) is 17.7 Å². The minimum absolute atomic E-state index is 0.278. The Morgan fingerprint density at radius 2 is 1.95 bits per heavy atom. The van der Waals surface area contributed by atoms with E-state index in [0.717, 1.165) is 10.0 Å². The minimum Gasteiger partial charge on any atom is -0.382 e. The third-order valence-electron chi connectivity index (χ3n) is 2.67. The number of benzene rings is 1. The Balaban J connectivity index is 2.28. The molecule has 2 N–H and O–H groups in total. The van der Waals surface area contributed by atoms with Gasteiger partial charge in [-0.1, -0.05) is 57.3 Å². The van der Waals surface area contributed by atoms with Gasteiger partial charge in [0.25, 0.3) is 0 Å². The Hall–Kier alpha value is -0.970. The number of nitrogens with two attached hydrogens (primary N) is 1. The molecule has 2 aromatic rings. The lowest BCUT2D eigenvalue weighted by Crippen LogP contribution is -2.19. The van der Waals surface area contributed by atoms with Crippen molar-refractivity contribution < 1.29 is 0 Å². The standard InChI is InChI=1S/C13H12BrCl2N3/c1-19(7-8-4-2-3-5-9(8)14)13-11(16)6-10(15)12(17)18-13/h2-6H,7H2,1H3,(H2,17,18). The Labute approximate surface area is 130 Å². The Morgan fingerprint density at radius 1 is 1.26 bits per heavy atom. The first kappa shape index (κ1) is 14.4. The van der Waals surface area contributed by atoms with Gasteiger partial charge in [0.2, 0.25) is 0 Å². The van der Waals surface area contributed by atoms with Crippen molar-refractivity contribution in [2.45, 2.75) is 6.54 Å². The van der Waals surface area contributed by atoms with Crippen LogP contribution in [0.15, 0.2) is 34.8 Å². The molecule has 19 heavy (non-hydrogen) atoms. The van der Waals surface area contributed by atoms with E-state index in [0.29, 0.717) is 22.4 Å². The van der Waals surface area contributed by atoms with Crippen LogP contribution >= 0.6 is 39.1 Å². The second-order valence-electron chi connectivity index (χ2n) is 4.11. The van der Waals surface area contributed by atoms with Crippen LogP contribution in [-0.4, -0.2) is 12.0 Å². The normalized spacial score (nSPS) is 10.5. The molecular formula is C13H12BrCl2N3. The van der Waals surface area contributed by atoms with Crippen LogP contribution in [-0.2, 0) is 6.54 Å². The number of hydrogen-bond donors (Lipinski definition) is 1. The molecule has 0 amide bonds. The number of rotatable bonds is 3. The second-order valence-corrected chi connectivity index (χ2v) is 5.78. The summed E-state index contributed by atoms with van der Waals surface area (Å²) in [5, 5.41) is 0.844. The summed E-state index contributed by atoms with van der Waals surface area (Å²) in [4.78, 5) is 6.15. The molecule has 0 aliphatic rings. The smallest absolute Gasteiger partial charge is 0.149 e. The number of halogens is 3. The summed E-state index contributed by atoms with van der Waals surface area (Å²) in [5.74, 6) is 0.888. The van der Waals surface area contributed by atoms with Crippen molar-refractivity contribution in [2.24, 2.45) is 0 Å². The summed E-state index contributed by atoms with van der Waals surface area (Å²) in [7, 11) is 1.90. The SMILES string of the molecule is CN(Cc1ccccc1Br)c1nc(N)c(Cl)cc1Cl. The molecule has 1 heterocycles. The zero-order valence-corrected chi connectivity index (χ0v) is 13.3. The van der Waals surface area contributed by atoms with Crippen LogP contribution in [0.25, 0.3) is 0 Å². The molecule has 6 heteroatoms. The highest BCUT2D eigenvalue weighted by Gasteiger charge is 2.12. The van der Waals surface area contributed by atoms with E-state index in [9.17, 15) is 0 Å². The molecule has 0 fully saturated rings. The van der Waals surface area contributed by atoms with Crippen LogP contribution in [0.1, 0.15) is 5.56 Å². The zero-order chi connectivity index (χ0) is 14.0. The highest BCUT2D eigenvalue weighted by atomic mass is 79.9. The maximum Gasteiger partial charge on any atom is 0.149 e. The van der Waals surface area contributed by atoms with E-state index >= 15 is 0 Å². The van der Waals surface area contributed by atoms with Gasteiger partial charge in [0.1, 0.15) is 11.6 Å². The van der Waals surface area contributed by atoms with Crippen molar-refractivity contribution in [2.75, 3.05) is 17.7 Å². The van der Waals surface area contributed by atoms with E-state index in [-0.39, 0.29) is 5.82 Å². The lowest BCUT2D eigenvalue weighted by molar-refractivity contribution is 0.896. The van der Waals surface area contributed by atoms with E-state index in [1.165, 1.54) is 0 Å². The van der Waals surface area contributed by atoms with E-state index in [4.69, 9.17) is 28.9 Å². The van der Waals surface area contributed by atoms with Crippen LogP contribution in [0.4, 0.5) is 11.6 Å². The summed E-state index contributed by atoms with van der Waals surface area (Å²) in [5.41, 5.74) is 6.85. The number of pyridine rings is 1. The largest absolute Gasteiger partial charge is 0.382 e. The van der Waals surface area contributed by atoms with E-state index in [1.54, 1.807) is 6.07 Å². The fourth-order valence-electron chi connectivity index (χ4n) is 1.70. The first-order chi connectivity index (χ1) is 8.99. The molecule has 2 rings (SSSR count). The van der Waals surface area contributed by atoms with Crippen molar-refractivity contribution in [1.82, 2.24) is 4.98 Å². The Bertz CT molecular complexity index is 604. The van der Waals surface area contributed by atoms with Crippen molar-refractivity contribution in [1.29, 1.82) is 0 Å². The maximum atomic E-state index is 6.15. The average Bonchev–Trinajstić information content (AvgIpc) is 2.36. The highest BCUT2D eigenvalue weighted by molar-refractivity contribution is 9.10. The predicted molar refractivity (Wildman–Crippen MR) is 84.9 cm³/mol. The second kappa shape index (κ2) is 5.99. The minimum atomic E-state index is 0.278. The molecule has 0 saturated heterocycles. The third kappa shape index (κ3) is 3.32. The van der Waals surface area contributed by atoms with Crippen molar-refractivity contribution in [3.05, 3.63) is 50.4 Å². The zero-order valence-electron chi connectivity index (χ0n) is 10.2. The lowest BCUT2D eigenvalue weighted by atomic mass is 10.2. The molecule has 1 aromatic carbocycles. The van der Waals surface area contributed by atoms with Gasteiger partial charge < -0.3 is 10.6 Å². The molecule has 1 aromatic heterocycles. The van der Waals surface area contributed by atoms with Crippen molar-refractivity contribution in [3.63, 3.8) is 0 Å². The summed E-state index contributed by atoms with van der Waals surface area (Å²) in [6.45, 7) is 0.662. The molecular weight excluding hydrogens is 349 g/mol. The number of anilines is 2. The van der Waals surface area contributed by atoms with E-state index in [2.05, 4.69) is 20.9 Å². The molecule has 0 spiro atoms. The first-order valence-corrected chi connectivity index (χ1v) is 7.10. The van der Waals surface area contributed by atoms with Crippen LogP contribution in [0.3, 0.4) is 0 Å². The van der Waals surface area contributed by atoms with E-state index < -0.39 is 0 Å². The van der Waals surface area contributed by atoms with Gasteiger partial charge in [-0.25, -0.2) is 4.98 Å². The average molecular weight is 361 g/mol.